The molecule has 1 N–H and O–H groups in total. The van der Waals surface area contributed by atoms with Gasteiger partial charge in [-0.15, -0.1) is 11.8 Å². The first-order valence-corrected chi connectivity index (χ1v) is 11.2. The Morgan fingerprint density at radius 2 is 1.93 bits per heavy atom. The van der Waals surface area contributed by atoms with Gasteiger partial charge in [-0.25, -0.2) is 4.98 Å². The maximum Gasteiger partial charge on any atom is 0.254 e. The van der Waals surface area contributed by atoms with Gasteiger partial charge in [-0.3, -0.25) is 4.79 Å². The summed E-state index contributed by atoms with van der Waals surface area (Å²) in [4.78, 5) is 17.3. The lowest BCUT2D eigenvalue weighted by Gasteiger charge is -2.20. The zero-order valence-electron chi connectivity index (χ0n) is 17.3. The first-order valence-electron chi connectivity index (χ1n) is 10.4. The molecule has 1 amide bonds. The van der Waals surface area contributed by atoms with E-state index >= 15 is 0 Å². The number of nitrogens with one attached hydrogen (secondary N) is 1. The minimum Gasteiger partial charge on any atom is -0.352 e. The highest BCUT2D eigenvalue weighted by atomic mass is 32.2. The summed E-state index contributed by atoms with van der Waals surface area (Å²) in [6.45, 7) is 7.27. The number of benzene rings is 1. The van der Waals surface area contributed by atoms with E-state index in [0.717, 1.165) is 17.9 Å². The van der Waals surface area contributed by atoms with Gasteiger partial charge in [0.1, 0.15) is 5.03 Å². The zero-order valence-corrected chi connectivity index (χ0v) is 18.1. The van der Waals surface area contributed by atoms with E-state index in [1.807, 2.05) is 12.1 Å². The number of hydrogen-bond acceptors (Lipinski definition) is 3. The molecule has 1 heterocycles. The van der Waals surface area contributed by atoms with E-state index in [0.29, 0.717) is 23.3 Å². The minimum atomic E-state index is -0.00236. The lowest BCUT2D eigenvalue weighted by Crippen LogP contribution is -2.28. The molecule has 2 atom stereocenters. The Labute approximate surface area is 173 Å². The lowest BCUT2D eigenvalue weighted by molar-refractivity contribution is 0.0946. The van der Waals surface area contributed by atoms with Crippen LogP contribution in [0.4, 0.5) is 0 Å². The number of nitrogens with zero attached hydrogens (tertiary/aromatic N) is 1. The van der Waals surface area contributed by atoms with Gasteiger partial charge in [0.25, 0.3) is 5.91 Å². The fraction of sp³-hybridized carbons (Fsp3) is 0.500. The summed E-state index contributed by atoms with van der Waals surface area (Å²) in [5, 5.41) is 4.48. The summed E-state index contributed by atoms with van der Waals surface area (Å²) >= 11 is 1.80. The summed E-state index contributed by atoms with van der Waals surface area (Å²) in [6, 6.07) is 14.5. The Hall–Kier alpha value is -1.81. The molecular formula is C24H32N2OS. The Morgan fingerprint density at radius 3 is 2.68 bits per heavy atom. The van der Waals surface area contributed by atoms with E-state index in [4.69, 9.17) is 0 Å². The molecule has 1 aromatic carbocycles. The van der Waals surface area contributed by atoms with Crippen LogP contribution >= 0.6 is 11.8 Å². The van der Waals surface area contributed by atoms with Gasteiger partial charge in [0.2, 0.25) is 0 Å². The van der Waals surface area contributed by atoms with Crippen LogP contribution in [0.2, 0.25) is 0 Å². The van der Waals surface area contributed by atoms with Crippen LogP contribution in [0.1, 0.15) is 62.4 Å². The molecule has 0 saturated heterocycles. The summed E-state index contributed by atoms with van der Waals surface area (Å²) < 4.78 is 0. The average Bonchev–Trinajstić information content (AvgIpc) is 3.08. The van der Waals surface area contributed by atoms with Crippen molar-refractivity contribution in [3.8, 4) is 0 Å². The van der Waals surface area contributed by atoms with Gasteiger partial charge in [0.15, 0.2) is 0 Å². The molecule has 0 spiro atoms. The second-order valence-electron chi connectivity index (χ2n) is 8.96. The van der Waals surface area contributed by atoms with E-state index in [1.54, 1.807) is 18.0 Å². The van der Waals surface area contributed by atoms with Crippen molar-refractivity contribution < 1.29 is 4.79 Å². The first-order chi connectivity index (χ1) is 13.4. The molecule has 1 fully saturated rings. The van der Waals surface area contributed by atoms with E-state index in [2.05, 4.69) is 61.4 Å². The summed E-state index contributed by atoms with van der Waals surface area (Å²) in [6.07, 6.45) is 7.59. The van der Waals surface area contributed by atoms with Crippen molar-refractivity contribution in [3.63, 3.8) is 0 Å². The van der Waals surface area contributed by atoms with Crippen LogP contribution in [0.3, 0.4) is 0 Å². The highest BCUT2D eigenvalue weighted by Crippen LogP contribution is 2.40. The molecule has 150 valence electrons. The molecule has 28 heavy (non-hydrogen) atoms. The third-order valence-electron chi connectivity index (χ3n) is 5.37. The number of rotatable bonds is 7. The van der Waals surface area contributed by atoms with Crippen LogP contribution in [0.15, 0.2) is 53.7 Å². The number of thioether (sulfide) groups is 1. The molecule has 1 aliphatic rings. The van der Waals surface area contributed by atoms with Crippen LogP contribution in [0.5, 0.6) is 0 Å². The molecule has 4 heteroatoms. The maximum atomic E-state index is 12.7. The number of pyridine rings is 1. The van der Waals surface area contributed by atoms with Gasteiger partial charge in [0, 0.05) is 18.0 Å². The molecule has 0 bridgehead atoms. The van der Waals surface area contributed by atoms with Crippen molar-refractivity contribution >= 4 is 17.7 Å². The maximum absolute atomic E-state index is 12.7. The third kappa shape index (κ3) is 6.10. The van der Waals surface area contributed by atoms with Crippen LogP contribution in [-0.2, 0) is 6.42 Å². The monoisotopic (exact) mass is 396 g/mol. The molecule has 3 nitrogen and oxygen atoms in total. The lowest BCUT2D eigenvalue weighted by atomic mass is 9.92. The normalized spacial score (nSPS) is 19.5. The van der Waals surface area contributed by atoms with Crippen molar-refractivity contribution in [1.29, 1.82) is 0 Å². The van der Waals surface area contributed by atoms with E-state index in [9.17, 15) is 4.79 Å². The number of amides is 1. The molecule has 2 unspecified atom stereocenters. The standard InChI is InChI=1S/C24H32N2OS/c1-24(2,3)14-16-25-22(27)20-12-8-15-26-23(20)28-21-13-7-11-19(21)17-18-9-5-4-6-10-18/h4-6,8-10,12,15,19,21H,7,11,13-14,16-17H2,1-3H3,(H,25,27). The fourth-order valence-corrected chi connectivity index (χ4v) is 5.16. The Kier molecular flexibility index (Phi) is 7.17. The van der Waals surface area contributed by atoms with Crippen molar-refractivity contribution in [1.82, 2.24) is 10.3 Å². The second kappa shape index (κ2) is 9.60. The number of carbonyl (C=O) groups is 1. The van der Waals surface area contributed by atoms with Gasteiger partial charge in [-0.2, -0.15) is 0 Å². The van der Waals surface area contributed by atoms with Gasteiger partial charge < -0.3 is 5.32 Å². The van der Waals surface area contributed by atoms with Crippen molar-refractivity contribution in [2.75, 3.05) is 6.54 Å². The SMILES string of the molecule is CC(C)(C)CCNC(=O)c1cccnc1SC1CCCC1Cc1ccccc1. The molecule has 1 aromatic heterocycles. The van der Waals surface area contributed by atoms with Gasteiger partial charge in [-0.1, -0.05) is 57.5 Å². The molecule has 0 radical (unpaired) electrons. The van der Waals surface area contributed by atoms with Gasteiger partial charge in [-0.05, 0) is 54.7 Å². The van der Waals surface area contributed by atoms with Crippen LogP contribution < -0.4 is 5.32 Å². The average molecular weight is 397 g/mol. The van der Waals surface area contributed by atoms with Crippen molar-refractivity contribution in [2.45, 2.75) is 63.2 Å². The number of carbonyl (C=O) groups excluding carboxylic acids is 1. The van der Waals surface area contributed by atoms with Crippen molar-refractivity contribution in [3.05, 3.63) is 59.8 Å². The summed E-state index contributed by atoms with van der Waals surface area (Å²) in [5.74, 6) is 0.642. The molecule has 3 rings (SSSR count). The number of aromatic nitrogens is 1. The summed E-state index contributed by atoms with van der Waals surface area (Å²) in [7, 11) is 0. The predicted molar refractivity (Wildman–Crippen MR) is 118 cm³/mol. The zero-order chi connectivity index (χ0) is 20.0. The fourth-order valence-electron chi connectivity index (χ4n) is 3.76. The van der Waals surface area contributed by atoms with Gasteiger partial charge >= 0.3 is 0 Å². The Balaban J connectivity index is 1.64. The second-order valence-corrected chi connectivity index (χ2v) is 10.2. The minimum absolute atomic E-state index is 0.00236. The Morgan fingerprint density at radius 1 is 1.14 bits per heavy atom. The Bertz CT molecular complexity index is 770. The number of hydrogen-bond donors (Lipinski definition) is 1. The molecule has 1 aliphatic carbocycles. The van der Waals surface area contributed by atoms with Crippen LogP contribution in [0, 0.1) is 11.3 Å². The van der Waals surface area contributed by atoms with E-state index in [1.165, 1.54) is 24.8 Å². The molecule has 0 aliphatic heterocycles. The smallest absolute Gasteiger partial charge is 0.254 e. The third-order valence-corrected chi connectivity index (χ3v) is 6.84. The van der Waals surface area contributed by atoms with Crippen LogP contribution in [-0.4, -0.2) is 22.7 Å². The van der Waals surface area contributed by atoms with Crippen LogP contribution in [0.25, 0.3) is 0 Å². The first kappa shape index (κ1) is 20.9. The van der Waals surface area contributed by atoms with Gasteiger partial charge in [0.05, 0.1) is 5.56 Å². The largest absolute Gasteiger partial charge is 0.352 e. The predicted octanol–water partition coefficient (Wildman–Crippen LogP) is 5.75. The molecular weight excluding hydrogens is 364 g/mol. The van der Waals surface area contributed by atoms with Crippen molar-refractivity contribution in [2.24, 2.45) is 11.3 Å². The topological polar surface area (TPSA) is 42.0 Å². The highest BCUT2D eigenvalue weighted by molar-refractivity contribution is 8.00. The quantitative estimate of drug-likeness (QED) is 0.648. The highest BCUT2D eigenvalue weighted by Gasteiger charge is 2.30. The summed E-state index contributed by atoms with van der Waals surface area (Å²) in [5.41, 5.74) is 2.34. The molecule has 1 saturated carbocycles. The van der Waals surface area contributed by atoms with E-state index in [-0.39, 0.29) is 11.3 Å². The molecule has 2 aromatic rings. The van der Waals surface area contributed by atoms with E-state index < -0.39 is 0 Å².